The Morgan fingerprint density at radius 3 is 3.04 bits per heavy atom. The van der Waals surface area contributed by atoms with Gasteiger partial charge >= 0.3 is 0 Å². The Morgan fingerprint density at radius 2 is 2.12 bits per heavy atom. The van der Waals surface area contributed by atoms with Crippen LogP contribution < -0.4 is 15.4 Å². The van der Waals surface area contributed by atoms with Gasteiger partial charge in [-0.15, -0.1) is 0 Å². The average molecular weight is 323 g/mol. The number of nitrogens with zero attached hydrogens (tertiary/aromatic N) is 1. The standard InChI is InChI=1S/C18H17N3O3/c22-16-10-24-15-8-12(9-19-17(15)21-16)20-18(23)14-7-3-5-11-4-1-2-6-13(11)14/h3,5,7-9H,1-2,4,6,10H2,(H,20,23)(H,19,21,22). The van der Waals surface area contributed by atoms with Gasteiger partial charge in [-0.2, -0.15) is 0 Å². The molecule has 122 valence electrons. The second-order valence-electron chi connectivity index (χ2n) is 6.01. The first-order chi connectivity index (χ1) is 11.7. The average Bonchev–Trinajstić information content (AvgIpc) is 2.61. The fourth-order valence-corrected chi connectivity index (χ4v) is 3.22. The van der Waals surface area contributed by atoms with Gasteiger partial charge in [0, 0.05) is 11.6 Å². The third-order valence-electron chi connectivity index (χ3n) is 4.37. The molecule has 0 atom stereocenters. The molecule has 1 aliphatic carbocycles. The Morgan fingerprint density at radius 1 is 1.25 bits per heavy atom. The number of ether oxygens (including phenoxy) is 1. The fourth-order valence-electron chi connectivity index (χ4n) is 3.22. The number of rotatable bonds is 2. The lowest BCUT2D eigenvalue weighted by Crippen LogP contribution is -2.26. The van der Waals surface area contributed by atoms with Gasteiger partial charge in [0.15, 0.2) is 18.2 Å². The number of carbonyl (C=O) groups excluding carboxylic acids is 2. The minimum atomic E-state index is -0.234. The number of benzene rings is 1. The van der Waals surface area contributed by atoms with E-state index >= 15 is 0 Å². The van der Waals surface area contributed by atoms with Crippen molar-refractivity contribution < 1.29 is 14.3 Å². The topological polar surface area (TPSA) is 80.3 Å². The van der Waals surface area contributed by atoms with Crippen LogP contribution in [0.1, 0.15) is 34.3 Å². The Labute approximate surface area is 139 Å². The number of carbonyl (C=O) groups is 2. The maximum Gasteiger partial charge on any atom is 0.263 e. The quantitative estimate of drug-likeness (QED) is 0.890. The van der Waals surface area contributed by atoms with Crippen LogP contribution in [0.15, 0.2) is 30.5 Å². The molecule has 0 saturated heterocycles. The Kier molecular flexibility index (Phi) is 3.65. The molecule has 2 heterocycles. The molecule has 0 radical (unpaired) electrons. The number of aromatic nitrogens is 1. The van der Waals surface area contributed by atoms with E-state index < -0.39 is 0 Å². The first-order valence-corrected chi connectivity index (χ1v) is 8.05. The summed E-state index contributed by atoms with van der Waals surface area (Å²) in [7, 11) is 0. The minimum Gasteiger partial charge on any atom is -0.480 e. The van der Waals surface area contributed by atoms with E-state index in [4.69, 9.17) is 4.74 Å². The third-order valence-corrected chi connectivity index (χ3v) is 4.37. The van der Waals surface area contributed by atoms with Gasteiger partial charge in [-0.3, -0.25) is 9.59 Å². The summed E-state index contributed by atoms with van der Waals surface area (Å²) in [5, 5.41) is 5.50. The van der Waals surface area contributed by atoms with Crippen molar-refractivity contribution in [2.24, 2.45) is 0 Å². The minimum absolute atomic E-state index is 0.0434. The molecule has 2 aromatic rings. The van der Waals surface area contributed by atoms with Crippen molar-refractivity contribution in [3.05, 3.63) is 47.2 Å². The van der Waals surface area contributed by atoms with Crippen LogP contribution >= 0.6 is 0 Å². The zero-order chi connectivity index (χ0) is 16.5. The Balaban J connectivity index is 1.58. The predicted molar refractivity (Wildman–Crippen MR) is 89.4 cm³/mol. The summed E-state index contributed by atoms with van der Waals surface area (Å²) in [6, 6.07) is 7.57. The van der Waals surface area contributed by atoms with E-state index in [2.05, 4.69) is 21.7 Å². The van der Waals surface area contributed by atoms with E-state index in [-0.39, 0.29) is 18.4 Å². The molecule has 0 unspecified atom stereocenters. The first-order valence-electron chi connectivity index (χ1n) is 8.05. The fraction of sp³-hybridized carbons (Fsp3) is 0.278. The summed E-state index contributed by atoms with van der Waals surface area (Å²) in [4.78, 5) is 28.1. The van der Waals surface area contributed by atoms with Crippen molar-refractivity contribution in [1.82, 2.24) is 4.98 Å². The molecule has 6 heteroatoms. The van der Waals surface area contributed by atoms with E-state index in [9.17, 15) is 9.59 Å². The lowest BCUT2D eigenvalue weighted by molar-refractivity contribution is -0.118. The van der Waals surface area contributed by atoms with Gasteiger partial charge in [-0.25, -0.2) is 4.98 Å². The molecule has 2 aliphatic rings. The maximum absolute atomic E-state index is 12.7. The smallest absolute Gasteiger partial charge is 0.263 e. The second-order valence-corrected chi connectivity index (χ2v) is 6.01. The molecule has 1 aromatic heterocycles. The highest BCUT2D eigenvalue weighted by atomic mass is 16.5. The van der Waals surface area contributed by atoms with Crippen molar-refractivity contribution in [3.63, 3.8) is 0 Å². The number of hydrogen-bond acceptors (Lipinski definition) is 4. The van der Waals surface area contributed by atoms with Crippen molar-refractivity contribution in [3.8, 4) is 5.75 Å². The van der Waals surface area contributed by atoms with Crippen LogP contribution in [0, 0.1) is 0 Å². The Hall–Kier alpha value is -2.89. The number of aryl methyl sites for hydroxylation is 1. The lowest BCUT2D eigenvalue weighted by Gasteiger charge is -2.20. The summed E-state index contributed by atoms with van der Waals surface area (Å²) in [6.07, 6.45) is 5.78. The van der Waals surface area contributed by atoms with Crippen LogP contribution in [0.5, 0.6) is 5.75 Å². The molecule has 2 amide bonds. The normalized spacial score (nSPS) is 15.6. The van der Waals surface area contributed by atoms with Crippen molar-refractivity contribution in [2.75, 3.05) is 17.2 Å². The van der Waals surface area contributed by atoms with Crippen LogP contribution in [0.2, 0.25) is 0 Å². The number of amides is 2. The maximum atomic E-state index is 12.7. The summed E-state index contributed by atoms with van der Waals surface area (Å²) in [5.41, 5.74) is 3.68. The van der Waals surface area contributed by atoms with Crippen LogP contribution in [0.4, 0.5) is 11.5 Å². The summed E-state index contributed by atoms with van der Waals surface area (Å²) < 4.78 is 5.33. The molecule has 0 bridgehead atoms. The SMILES string of the molecule is O=C1COc2cc(NC(=O)c3cccc4c3CCCC4)cnc2N1. The van der Waals surface area contributed by atoms with Crippen LogP contribution in [-0.2, 0) is 17.6 Å². The highest BCUT2D eigenvalue weighted by Crippen LogP contribution is 2.29. The molecule has 24 heavy (non-hydrogen) atoms. The van der Waals surface area contributed by atoms with Crippen molar-refractivity contribution in [1.29, 1.82) is 0 Å². The van der Waals surface area contributed by atoms with Crippen molar-refractivity contribution >= 4 is 23.3 Å². The highest BCUT2D eigenvalue weighted by molar-refractivity contribution is 6.05. The molecule has 4 rings (SSSR count). The number of hydrogen-bond donors (Lipinski definition) is 2. The van der Waals surface area contributed by atoms with E-state index in [1.54, 1.807) is 6.07 Å². The molecule has 1 aliphatic heterocycles. The summed E-state index contributed by atoms with van der Waals surface area (Å²) in [5.74, 6) is 0.460. The number of fused-ring (bicyclic) bond motifs is 2. The van der Waals surface area contributed by atoms with E-state index in [0.717, 1.165) is 30.4 Å². The second kappa shape index (κ2) is 5.96. The predicted octanol–water partition coefficient (Wildman–Crippen LogP) is 2.54. The van der Waals surface area contributed by atoms with Crippen LogP contribution in [0.3, 0.4) is 0 Å². The monoisotopic (exact) mass is 323 g/mol. The van der Waals surface area contributed by atoms with Gasteiger partial charge in [0.05, 0.1) is 11.9 Å². The van der Waals surface area contributed by atoms with E-state index in [1.165, 1.54) is 18.2 Å². The van der Waals surface area contributed by atoms with Gasteiger partial charge in [-0.1, -0.05) is 12.1 Å². The number of anilines is 2. The van der Waals surface area contributed by atoms with Crippen LogP contribution in [-0.4, -0.2) is 23.4 Å². The molecule has 0 spiro atoms. The highest BCUT2D eigenvalue weighted by Gasteiger charge is 2.20. The van der Waals surface area contributed by atoms with Crippen molar-refractivity contribution in [2.45, 2.75) is 25.7 Å². The Bertz CT molecular complexity index is 832. The number of nitrogens with one attached hydrogen (secondary N) is 2. The zero-order valence-electron chi connectivity index (χ0n) is 13.1. The molecule has 0 saturated carbocycles. The molecular weight excluding hydrogens is 306 g/mol. The number of pyridine rings is 1. The first kappa shape index (κ1) is 14.7. The zero-order valence-corrected chi connectivity index (χ0v) is 13.1. The molecule has 2 N–H and O–H groups in total. The van der Waals surface area contributed by atoms with Gasteiger partial charge in [0.2, 0.25) is 0 Å². The summed E-state index contributed by atoms with van der Waals surface area (Å²) >= 11 is 0. The van der Waals surface area contributed by atoms with E-state index in [0.29, 0.717) is 17.3 Å². The van der Waals surface area contributed by atoms with Gasteiger partial charge in [0.1, 0.15) is 0 Å². The van der Waals surface area contributed by atoms with Gasteiger partial charge in [0.25, 0.3) is 11.8 Å². The molecule has 0 fully saturated rings. The van der Waals surface area contributed by atoms with Crippen LogP contribution in [0.25, 0.3) is 0 Å². The van der Waals surface area contributed by atoms with Gasteiger partial charge in [-0.05, 0) is 42.9 Å². The van der Waals surface area contributed by atoms with E-state index in [1.807, 2.05) is 12.1 Å². The molecule has 6 nitrogen and oxygen atoms in total. The largest absolute Gasteiger partial charge is 0.480 e. The molecular formula is C18H17N3O3. The lowest BCUT2D eigenvalue weighted by atomic mass is 9.88. The summed E-state index contributed by atoms with van der Waals surface area (Å²) in [6.45, 7) is -0.0434. The van der Waals surface area contributed by atoms with Gasteiger partial charge < -0.3 is 15.4 Å². The molecule has 1 aromatic carbocycles. The third kappa shape index (κ3) is 2.71.